The average Bonchev–Trinajstić information content (AvgIpc) is 3.33. The van der Waals surface area contributed by atoms with E-state index in [0.717, 1.165) is 29.1 Å². The molecule has 0 aromatic carbocycles. The predicted molar refractivity (Wildman–Crippen MR) is 108 cm³/mol. The predicted octanol–water partition coefficient (Wildman–Crippen LogP) is 4.10. The van der Waals surface area contributed by atoms with E-state index in [0.29, 0.717) is 24.5 Å². The lowest BCUT2D eigenvalue weighted by atomic mass is 9.92. The van der Waals surface area contributed by atoms with E-state index >= 15 is 0 Å². The molecule has 31 heavy (non-hydrogen) atoms. The number of nitrogens with zero attached hydrogens (tertiary/aromatic N) is 5. The Kier molecular flexibility index (Phi) is 5.06. The van der Waals surface area contributed by atoms with Crippen LogP contribution in [0.15, 0.2) is 18.2 Å². The maximum absolute atomic E-state index is 13.4. The van der Waals surface area contributed by atoms with Crippen LogP contribution in [-0.4, -0.2) is 48.7 Å². The molecule has 1 saturated heterocycles. The Bertz CT molecular complexity index is 1120. The molecule has 0 saturated carbocycles. The molecule has 7 nitrogen and oxygen atoms in total. The first-order valence-corrected chi connectivity index (χ1v) is 10.2. The minimum atomic E-state index is -4.53. The fourth-order valence-electron chi connectivity index (χ4n) is 3.90. The number of piperidine rings is 1. The van der Waals surface area contributed by atoms with Gasteiger partial charge in [-0.2, -0.15) is 23.4 Å². The van der Waals surface area contributed by atoms with Gasteiger partial charge in [0.05, 0.1) is 5.69 Å². The molecule has 10 heteroatoms. The molecule has 1 amide bonds. The summed E-state index contributed by atoms with van der Waals surface area (Å²) in [4.78, 5) is 18.9. The number of carbonyl (C=O) groups is 1. The summed E-state index contributed by atoms with van der Waals surface area (Å²) < 4.78 is 41.2. The summed E-state index contributed by atoms with van der Waals surface area (Å²) in [5.41, 5.74) is 1.15. The van der Waals surface area contributed by atoms with Crippen LogP contribution in [0.4, 0.5) is 13.2 Å². The molecule has 1 aliphatic heterocycles. The van der Waals surface area contributed by atoms with Gasteiger partial charge >= 0.3 is 6.18 Å². The molecule has 1 aliphatic rings. The third-order valence-corrected chi connectivity index (χ3v) is 5.60. The number of carbonyl (C=O) groups excluding carboxylic acids is 1. The van der Waals surface area contributed by atoms with Gasteiger partial charge in [0.25, 0.3) is 5.91 Å². The van der Waals surface area contributed by atoms with Crippen molar-refractivity contribution in [3.63, 3.8) is 0 Å². The minimum absolute atomic E-state index is 0.159. The van der Waals surface area contributed by atoms with Gasteiger partial charge in [-0.1, -0.05) is 20.8 Å². The molecule has 1 N–H and O–H groups in total. The first kappa shape index (κ1) is 21.3. The van der Waals surface area contributed by atoms with Crippen LogP contribution < -0.4 is 0 Å². The van der Waals surface area contributed by atoms with Gasteiger partial charge in [-0.3, -0.25) is 9.89 Å². The van der Waals surface area contributed by atoms with Crippen LogP contribution in [0.1, 0.15) is 72.8 Å². The molecular weight excluding hydrogens is 409 g/mol. The number of aromatic nitrogens is 5. The maximum atomic E-state index is 13.4. The third kappa shape index (κ3) is 4.15. The number of aryl methyl sites for hydroxylation is 1. The highest BCUT2D eigenvalue weighted by Gasteiger charge is 2.36. The summed E-state index contributed by atoms with van der Waals surface area (Å²) in [5.74, 6) is -0.355. The monoisotopic (exact) mass is 434 g/mol. The van der Waals surface area contributed by atoms with Crippen LogP contribution in [0.5, 0.6) is 0 Å². The molecule has 3 aromatic rings. The van der Waals surface area contributed by atoms with E-state index in [1.165, 1.54) is 6.92 Å². The van der Waals surface area contributed by atoms with E-state index in [2.05, 4.69) is 20.3 Å². The Hall–Kier alpha value is -2.91. The maximum Gasteiger partial charge on any atom is 0.433 e. The molecule has 4 rings (SSSR count). The van der Waals surface area contributed by atoms with Crippen molar-refractivity contribution in [1.29, 1.82) is 0 Å². The van der Waals surface area contributed by atoms with Gasteiger partial charge in [0.1, 0.15) is 11.4 Å². The number of fused-ring (bicyclic) bond motifs is 1. The van der Waals surface area contributed by atoms with Crippen molar-refractivity contribution in [2.24, 2.45) is 0 Å². The quantitative estimate of drug-likeness (QED) is 0.659. The zero-order chi connectivity index (χ0) is 22.6. The van der Waals surface area contributed by atoms with Crippen LogP contribution >= 0.6 is 0 Å². The normalized spacial score (nSPS) is 18.0. The highest BCUT2D eigenvalue weighted by molar-refractivity contribution is 5.92. The molecule has 166 valence electrons. The van der Waals surface area contributed by atoms with E-state index in [4.69, 9.17) is 0 Å². The lowest BCUT2D eigenvalue weighted by Crippen LogP contribution is -2.39. The van der Waals surface area contributed by atoms with Crippen molar-refractivity contribution in [3.8, 4) is 0 Å². The highest BCUT2D eigenvalue weighted by atomic mass is 19.4. The van der Waals surface area contributed by atoms with E-state index < -0.39 is 11.9 Å². The molecule has 0 aliphatic carbocycles. The van der Waals surface area contributed by atoms with Gasteiger partial charge in [0.15, 0.2) is 5.65 Å². The van der Waals surface area contributed by atoms with Crippen LogP contribution in [0, 0.1) is 6.92 Å². The van der Waals surface area contributed by atoms with Crippen molar-refractivity contribution in [2.45, 2.75) is 58.0 Å². The number of alkyl halides is 3. The Morgan fingerprint density at radius 2 is 1.94 bits per heavy atom. The van der Waals surface area contributed by atoms with E-state index in [1.807, 2.05) is 20.8 Å². The second-order valence-electron chi connectivity index (χ2n) is 9.13. The molecule has 0 unspecified atom stereocenters. The fourth-order valence-corrected chi connectivity index (χ4v) is 3.90. The second-order valence-corrected chi connectivity index (χ2v) is 9.13. The molecular formula is C21H25F3N6O. The van der Waals surface area contributed by atoms with Crippen molar-refractivity contribution >= 4 is 11.6 Å². The number of aromatic amines is 1. The number of rotatable bonds is 2. The van der Waals surface area contributed by atoms with Gasteiger partial charge in [-0.15, -0.1) is 0 Å². The topological polar surface area (TPSA) is 79.2 Å². The average molecular weight is 434 g/mol. The van der Waals surface area contributed by atoms with Crippen LogP contribution in [-0.2, 0) is 11.6 Å². The number of nitrogens with one attached hydrogen (secondary N) is 1. The van der Waals surface area contributed by atoms with Gasteiger partial charge in [0, 0.05) is 41.9 Å². The smallest absolute Gasteiger partial charge is 0.337 e. The number of H-pyrrole nitrogens is 1. The zero-order valence-corrected chi connectivity index (χ0v) is 17.9. The molecule has 0 spiro atoms. The fraction of sp³-hybridized carbons (Fsp3) is 0.524. The summed E-state index contributed by atoms with van der Waals surface area (Å²) in [6.07, 6.45) is -3.06. The van der Waals surface area contributed by atoms with E-state index in [9.17, 15) is 18.0 Å². The largest absolute Gasteiger partial charge is 0.433 e. The number of hydrogen-bond donors (Lipinski definition) is 1. The molecule has 0 radical (unpaired) electrons. The van der Waals surface area contributed by atoms with Crippen LogP contribution in [0.25, 0.3) is 5.65 Å². The molecule has 0 bridgehead atoms. The van der Waals surface area contributed by atoms with Crippen LogP contribution in [0.3, 0.4) is 0 Å². The molecule has 1 atom stereocenters. The molecule has 3 aromatic heterocycles. The Balaban J connectivity index is 1.59. The van der Waals surface area contributed by atoms with Gasteiger partial charge < -0.3 is 4.90 Å². The highest BCUT2D eigenvalue weighted by Crippen LogP contribution is 2.32. The van der Waals surface area contributed by atoms with Gasteiger partial charge in [-0.25, -0.2) is 9.50 Å². The SMILES string of the molecule is Cc1cc(C(F)(F)F)n2nc([C@H]3CCCN(C(=O)c4cc(C(C)(C)C)[nH]n4)C3)cc2n1. The van der Waals surface area contributed by atoms with Crippen molar-refractivity contribution in [3.05, 3.63) is 46.7 Å². The van der Waals surface area contributed by atoms with Crippen LogP contribution in [0.2, 0.25) is 0 Å². The summed E-state index contributed by atoms with van der Waals surface area (Å²) >= 11 is 0. The minimum Gasteiger partial charge on any atom is -0.337 e. The van der Waals surface area contributed by atoms with Crippen molar-refractivity contribution in [2.75, 3.05) is 13.1 Å². The number of hydrogen-bond acceptors (Lipinski definition) is 4. The van der Waals surface area contributed by atoms with Crippen molar-refractivity contribution < 1.29 is 18.0 Å². The van der Waals surface area contributed by atoms with Crippen molar-refractivity contribution in [1.82, 2.24) is 29.7 Å². The van der Waals surface area contributed by atoms with E-state index in [-0.39, 0.29) is 28.6 Å². The number of amides is 1. The third-order valence-electron chi connectivity index (χ3n) is 5.60. The summed E-state index contributed by atoms with van der Waals surface area (Å²) in [6, 6.07) is 4.34. The standard InChI is InChI=1S/C21H25F3N6O/c1-12-8-17(21(22,23)24)30-18(25-12)10-14(28-30)13-6-5-7-29(11-13)19(31)15-9-16(27-26-15)20(2,3)4/h8-10,13H,5-7,11H2,1-4H3,(H,26,27)/t13-/m0/s1. The summed E-state index contributed by atoms with van der Waals surface area (Å²) in [5, 5.41) is 11.3. The zero-order valence-electron chi connectivity index (χ0n) is 17.9. The summed E-state index contributed by atoms with van der Waals surface area (Å²) in [7, 11) is 0. The Labute approximate surface area is 177 Å². The lowest BCUT2D eigenvalue weighted by Gasteiger charge is -2.31. The molecule has 4 heterocycles. The number of likely N-dealkylation sites (tertiary alicyclic amines) is 1. The van der Waals surface area contributed by atoms with Gasteiger partial charge in [-0.05, 0) is 31.9 Å². The Morgan fingerprint density at radius 1 is 1.19 bits per heavy atom. The Morgan fingerprint density at radius 3 is 2.58 bits per heavy atom. The first-order chi connectivity index (χ1) is 14.4. The lowest BCUT2D eigenvalue weighted by molar-refractivity contribution is -0.142. The summed E-state index contributed by atoms with van der Waals surface area (Å²) in [6.45, 7) is 8.56. The number of halogens is 3. The molecule has 1 fully saturated rings. The first-order valence-electron chi connectivity index (χ1n) is 10.2. The van der Waals surface area contributed by atoms with E-state index in [1.54, 1.807) is 17.0 Å². The van der Waals surface area contributed by atoms with Gasteiger partial charge in [0.2, 0.25) is 0 Å². The second kappa shape index (κ2) is 7.35.